The van der Waals surface area contributed by atoms with Gasteiger partial charge in [0.05, 0.1) is 17.4 Å². The van der Waals surface area contributed by atoms with Gasteiger partial charge in [-0.25, -0.2) is 4.98 Å². The molecule has 5 nitrogen and oxygen atoms in total. The number of imidazole rings is 1. The van der Waals surface area contributed by atoms with E-state index in [0.717, 1.165) is 17.6 Å². The number of amides is 1. The average Bonchev–Trinajstić information content (AvgIpc) is 3.32. The summed E-state index contributed by atoms with van der Waals surface area (Å²) in [5, 5.41) is 3.10. The standard InChI is InChI=1S/C22H32N4O/c1-16-6-5-7-17(2)25(16)13-12-23-22(27)18-10-11-21-20(14-18)24-15-26(21)19-8-3-4-9-19/h10-11,14-17,19H,3-9,12-13H2,1-2H3,(H,23,27). The summed E-state index contributed by atoms with van der Waals surface area (Å²) in [7, 11) is 0. The third-order valence-corrected chi connectivity index (χ3v) is 6.59. The van der Waals surface area contributed by atoms with Crippen LogP contribution in [-0.4, -0.2) is 45.5 Å². The van der Waals surface area contributed by atoms with Gasteiger partial charge in [-0.05, 0) is 57.7 Å². The van der Waals surface area contributed by atoms with Crippen molar-refractivity contribution in [3.63, 3.8) is 0 Å². The van der Waals surface area contributed by atoms with Crippen LogP contribution in [0.4, 0.5) is 0 Å². The third-order valence-electron chi connectivity index (χ3n) is 6.59. The maximum atomic E-state index is 12.6. The fraction of sp³-hybridized carbons (Fsp3) is 0.636. The van der Waals surface area contributed by atoms with E-state index < -0.39 is 0 Å². The molecular formula is C22H32N4O. The molecule has 2 aromatic rings. The van der Waals surface area contributed by atoms with E-state index in [1.54, 1.807) is 0 Å². The molecule has 1 aromatic heterocycles. The summed E-state index contributed by atoms with van der Waals surface area (Å²) in [6.45, 7) is 6.22. The van der Waals surface area contributed by atoms with E-state index >= 15 is 0 Å². The number of carbonyl (C=O) groups is 1. The molecule has 2 heterocycles. The molecule has 146 valence electrons. The molecule has 5 heteroatoms. The number of likely N-dealkylation sites (tertiary alicyclic amines) is 1. The molecule has 1 aromatic carbocycles. The monoisotopic (exact) mass is 368 g/mol. The van der Waals surface area contributed by atoms with Gasteiger partial charge < -0.3 is 9.88 Å². The first-order valence-corrected chi connectivity index (χ1v) is 10.6. The predicted octanol–water partition coefficient (Wildman–Crippen LogP) is 4.14. The minimum Gasteiger partial charge on any atom is -0.351 e. The van der Waals surface area contributed by atoms with Crippen LogP contribution in [0.3, 0.4) is 0 Å². The Kier molecular flexibility index (Phi) is 5.48. The third kappa shape index (κ3) is 3.88. The van der Waals surface area contributed by atoms with E-state index in [1.165, 1.54) is 44.9 Å². The molecule has 1 aliphatic heterocycles. The smallest absolute Gasteiger partial charge is 0.251 e. The summed E-state index contributed by atoms with van der Waals surface area (Å²) in [6, 6.07) is 7.73. The van der Waals surface area contributed by atoms with Crippen LogP contribution in [0.2, 0.25) is 0 Å². The van der Waals surface area contributed by atoms with Crippen molar-refractivity contribution in [1.82, 2.24) is 19.8 Å². The number of hydrogen-bond acceptors (Lipinski definition) is 3. The molecule has 0 bridgehead atoms. The number of nitrogens with zero attached hydrogens (tertiary/aromatic N) is 3. The SMILES string of the molecule is CC1CCCC(C)N1CCNC(=O)c1ccc2c(c1)ncn2C1CCCC1. The number of benzene rings is 1. The zero-order valence-corrected chi connectivity index (χ0v) is 16.7. The summed E-state index contributed by atoms with van der Waals surface area (Å²) in [5.41, 5.74) is 2.78. The summed E-state index contributed by atoms with van der Waals surface area (Å²) >= 11 is 0. The number of nitrogens with one attached hydrogen (secondary N) is 1. The fourth-order valence-corrected chi connectivity index (χ4v) is 4.96. The minimum atomic E-state index is 0.00429. The van der Waals surface area contributed by atoms with Crippen LogP contribution in [-0.2, 0) is 0 Å². The first-order chi connectivity index (χ1) is 13.1. The first-order valence-electron chi connectivity index (χ1n) is 10.6. The molecule has 1 N–H and O–H groups in total. The second-order valence-electron chi connectivity index (χ2n) is 8.42. The van der Waals surface area contributed by atoms with E-state index in [0.29, 0.717) is 30.2 Å². The van der Waals surface area contributed by atoms with Gasteiger partial charge in [0.2, 0.25) is 0 Å². The molecule has 1 saturated heterocycles. The van der Waals surface area contributed by atoms with Gasteiger partial charge in [0.15, 0.2) is 0 Å². The summed E-state index contributed by atoms with van der Waals surface area (Å²) < 4.78 is 2.29. The van der Waals surface area contributed by atoms with Gasteiger partial charge in [0.25, 0.3) is 5.91 Å². The number of fused-ring (bicyclic) bond motifs is 1. The van der Waals surface area contributed by atoms with Crippen molar-refractivity contribution < 1.29 is 4.79 Å². The maximum absolute atomic E-state index is 12.6. The van der Waals surface area contributed by atoms with E-state index in [4.69, 9.17) is 0 Å². The molecule has 2 atom stereocenters. The van der Waals surface area contributed by atoms with Crippen LogP contribution in [0.15, 0.2) is 24.5 Å². The first kappa shape index (κ1) is 18.5. The van der Waals surface area contributed by atoms with Crippen molar-refractivity contribution in [2.45, 2.75) is 76.9 Å². The number of piperidine rings is 1. The molecule has 27 heavy (non-hydrogen) atoms. The van der Waals surface area contributed by atoms with Crippen LogP contribution in [0.5, 0.6) is 0 Å². The Labute approximate surface area is 162 Å². The zero-order chi connectivity index (χ0) is 18.8. The predicted molar refractivity (Wildman–Crippen MR) is 109 cm³/mol. The van der Waals surface area contributed by atoms with Crippen molar-refractivity contribution in [2.75, 3.05) is 13.1 Å². The number of aromatic nitrogens is 2. The Morgan fingerprint density at radius 1 is 1.11 bits per heavy atom. The molecule has 2 aliphatic rings. The lowest BCUT2D eigenvalue weighted by molar-refractivity contribution is 0.0889. The van der Waals surface area contributed by atoms with Crippen LogP contribution in [0, 0.1) is 0 Å². The van der Waals surface area contributed by atoms with Gasteiger partial charge in [-0.1, -0.05) is 19.3 Å². The minimum absolute atomic E-state index is 0.00429. The summed E-state index contributed by atoms with van der Waals surface area (Å²) in [6.07, 6.45) is 10.9. The molecular weight excluding hydrogens is 336 g/mol. The van der Waals surface area contributed by atoms with Gasteiger partial charge in [0, 0.05) is 36.8 Å². The molecule has 1 amide bonds. The highest BCUT2D eigenvalue weighted by Gasteiger charge is 2.24. The fourth-order valence-electron chi connectivity index (χ4n) is 4.96. The van der Waals surface area contributed by atoms with Gasteiger partial charge in [-0.15, -0.1) is 0 Å². The molecule has 0 spiro atoms. The number of hydrogen-bond donors (Lipinski definition) is 1. The lowest BCUT2D eigenvalue weighted by Crippen LogP contribution is -2.47. The van der Waals surface area contributed by atoms with Gasteiger partial charge in [-0.3, -0.25) is 9.69 Å². The summed E-state index contributed by atoms with van der Waals surface area (Å²) in [5.74, 6) is 0.00429. The Morgan fingerprint density at radius 2 is 1.85 bits per heavy atom. The largest absolute Gasteiger partial charge is 0.351 e. The normalized spacial score (nSPS) is 24.5. The Morgan fingerprint density at radius 3 is 2.59 bits per heavy atom. The highest BCUT2D eigenvalue weighted by Crippen LogP contribution is 2.32. The van der Waals surface area contributed by atoms with Crippen LogP contribution >= 0.6 is 0 Å². The second kappa shape index (κ2) is 8.01. The van der Waals surface area contributed by atoms with Gasteiger partial charge >= 0.3 is 0 Å². The maximum Gasteiger partial charge on any atom is 0.251 e. The molecule has 4 rings (SSSR count). The van der Waals surface area contributed by atoms with E-state index in [1.807, 2.05) is 18.5 Å². The molecule has 0 radical (unpaired) electrons. The number of carbonyl (C=O) groups excluding carboxylic acids is 1. The van der Waals surface area contributed by atoms with Crippen LogP contribution < -0.4 is 5.32 Å². The highest BCUT2D eigenvalue weighted by molar-refractivity contribution is 5.97. The molecule has 2 fully saturated rings. The summed E-state index contributed by atoms with van der Waals surface area (Å²) in [4.78, 5) is 19.7. The molecule has 2 unspecified atom stereocenters. The Bertz CT molecular complexity index is 783. The second-order valence-corrected chi connectivity index (χ2v) is 8.42. The van der Waals surface area contributed by atoms with Gasteiger partial charge in [0.1, 0.15) is 0 Å². The zero-order valence-electron chi connectivity index (χ0n) is 16.7. The van der Waals surface area contributed by atoms with Gasteiger partial charge in [-0.2, -0.15) is 0 Å². The van der Waals surface area contributed by atoms with E-state index in [2.05, 4.69) is 39.7 Å². The Hall–Kier alpha value is -1.88. The van der Waals surface area contributed by atoms with Crippen molar-refractivity contribution in [2.24, 2.45) is 0 Å². The lowest BCUT2D eigenvalue weighted by atomic mass is 9.98. The average molecular weight is 369 g/mol. The van der Waals surface area contributed by atoms with Crippen LogP contribution in [0.25, 0.3) is 11.0 Å². The Balaban J connectivity index is 1.38. The topological polar surface area (TPSA) is 50.2 Å². The molecule has 1 saturated carbocycles. The van der Waals surface area contributed by atoms with Crippen molar-refractivity contribution >= 4 is 16.9 Å². The quantitative estimate of drug-likeness (QED) is 0.863. The van der Waals surface area contributed by atoms with Crippen molar-refractivity contribution in [3.05, 3.63) is 30.1 Å². The van der Waals surface area contributed by atoms with Crippen molar-refractivity contribution in [3.8, 4) is 0 Å². The highest BCUT2D eigenvalue weighted by atomic mass is 16.1. The lowest BCUT2D eigenvalue weighted by Gasteiger charge is -2.39. The van der Waals surface area contributed by atoms with Crippen LogP contribution in [0.1, 0.15) is 75.2 Å². The van der Waals surface area contributed by atoms with Crippen molar-refractivity contribution in [1.29, 1.82) is 0 Å². The molecule has 1 aliphatic carbocycles. The number of rotatable bonds is 5. The van der Waals surface area contributed by atoms with E-state index in [-0.39, 0.29) is 5.91 Å². The van der Waals surface area contributed by atoms with E-state index in [9.17, 15) is 4.79 Å².